The van der Waals surface area contributed by atoms with Crippen molar-refractivity contribution < 1.29 is 14.5 Å². The van der Waals surface area contributed by atoms with Gasteiger partial charge in [0, 0.05) is 28.4 Å². The Morgan fingerprint density at radius 1 is 1.08 bits per heavy atom. The van der Waals surface area contributed by atoms with Crippen LogP contribution in [0.3, 0.4) is 0 Å². The standard InChI is InChI=1S/C15H11ClN4O4/c16-13-4-2-1-3-10(13)9-17-19-15(22)14(21)18-11-5-7-12(8-6-11)20(23)24/h1-9H,(H,18,21)(H,19,22)/b17-9-. The number of nitrogens with one attached hydrogen (secondary N) is 2. The molecule has 2 amide bonds. The molecule has 0 saturated carbocycles. The predicted molar refractivity (Wildman–Crippen MR) is 88.9 cm³/mol. The lowest BCUT2D eigenvalue weighted by Crippen LogP contribution is -2.32. The van der Waals surface area contributed by atoms with Crippen LogP contribution in [0.2, 0.25) is 5.02 Å². The van der Waals surface area contributed by atoms with Crippen LogP contribution in [-0.4, -0.2) is 23.0 Å². The molecule has 2 rings (SSSR count). The normalized spacial score (nSPS) is 10.4. The summed E-state index contributed by atoms with van der Waals surface area (Å²) in [6.45, 7) is 0. The predicted octanol–water partition coefficient (Wildman–Crippen LogP) is 2.34. The van der Waals surface area contributed by atoms with Crippen LogP contribution in [0.1, 0.15) is 5.56 Å². The fourth-order valence-electron chi connectivity index (χ4n) is 1.65. The van der Waals surface area contributed by atoms with Crippen molar-refractivity contribution in [3.05, 3.63) is 69.2 Å². The van der Waals surface area contributed by atoms with Gasteiger partial charge in [-0.15, -0.1) is 0 Å². The molecule has 0 aliphatic heterocycles. The Morgan fingerprint density at radius 3 is 2.38 bits per heavy atom. The summed E-state index contributed by atoms with van der Waals surface area (Å²) in [5.41, 5.74) is 2.76. The Bertz CT molecular complexity index is 805. The van der Waals surface area contributed by atoms with Crippen LogP contribution in [-0.2, 0) is 9.59 Å². The second kappa shape index (κ2) is 7.84. The quantitative estimate of drug-likeness (QED) is 0.382. The lowest BCUT2D eigenvalue weighted by atomic mass is 10.2. The van der Waals surface area contributed by atoms with E-state index in [2.05, 4.69) is 15.8 Å². The van der Waals surface area contributed by atoms with Crippen molar-refractivity contribution in [2.24, 2.45) is 5.10 Å². The number of amides is 2. The minimum absolute atomic E-state index is 0.123. The number of nitro benzene ring substituents is 1. The van der Waals surface area contributed by atoms with Crippen LogP contribution in [0.4, 0.5) is 11.4 Å². The Hall–Kier alpha value is -3.26. The molecule has 0 atom stereocenters. The summed E-state index contributed by atoms with van der Waals surface area (Å²) in [5, 5.41) is 16.9. The van der Waals surface area contributed by atoms with E-state index < -0.39 is 16.7 Å². The lowest BCUT2D eigenvalue weighted by molar-refractivity contribution is -0.384. The molecule has 24 heavy (non-hydrogen) atoms. The highest BCUT2D eigenvalue weighted by molar-refractivity contribution is 6.39. The number of hydrazone groups is 1. The minimum Gasteiger partial charge on any atom is -0.318 e. The lowest BCUT2D eigenvalue weighted by Gasteiger charge is -2.03. The highest BCUT2D eigenvalue weighted by Gasteiger charge is 2.13. The molecule has 2 aromatic carbocycles. The van der Waals surface area contributed by atoms with Crippen LogP contribution in [0, 0.1) is 10.1 Å². The van der Waals surface area contributed by atoms with Crippen LogP contribution in [0.5, 0.6) is 0 Å². The summed E-state index contributed by atoms with van der Waals surface area (Å²) in [6, 6.07) is 11.9. The highest BCUT2D eigenvalue weighted by atomic mass is 35.5. The maximum absolute atomic E-state index is 11.7. The molecule has 0 radical (unpaired) electrons. The molecule has 0 heterocycles. The number of hydrogen-bond donors (Lipinski definition) is 2. The second-order valence-corrected chi connectivity index (χ2v) is 4.89. The van der Waals surface area contributed by atoms with E-state index >= 15 is 0 Å². The maximum Gasteiger partial charge on any atom is 0.329 e. The van der Waals surface area contributed by atoms with E-state index in [1.807, 2.05) is 0 Å². The Kier molecular flexibility index (Phi) is 5.58. The number of non-ortho nitro benzene ring substituents is 1. The van der Waals surface area contributed by atoms with Gasteiger partial charge in [0.05, 0.1) is 11.1 Å². The topological polar surface area (TPSA) is 114 Å². The molecular weight excluding hydrogens is 336 g/mol. The second-order valence-electron chi connectivity index (χ2n) is 4.48. The molecule has 0 aliphatic rings. The average Bonchev–Trinajstić information content (AvgIpc) is 2.57. The van der Waals surface area contributed by atoms with Gasteiger partial charge in [-0.05, 0) is 18.2 Å². The molecule has 9 heteroatoms. The molecule has 2 N–H and O–H groups in total. The maximum atomic E-state index is 11.7. The van der Waals surface area contributed by atoms with Gasteiger partial charge in [-0.3, -0.25) is 19.7 Å². The van der Waals surface area contributed by atoms with Crippen molar-refractivity contribution in [3.63, 3.8) is 0 Å². The molecule has 0 aromatic heterocycles. The van der Waals surface area contributed by atoms with Gasteiger partial charge in [0.25, 0.3) is 5.69 Å². The Morgan fingerprint density at radius 2 is 1.75 bits per heavy atom. The first kappa shape index (κ1) is 17.1. The summed E-state index contributed by atoms with van der Waals surface area (Å²) in [6.07, 6.45) is 1.30. The molecular formula is C15H11ClN4O4. The molecule has 0 spiro atoms. The number of nitro groups is 1. The number of carbonyl (C=O) groups excluding carboxylic acids is 2. The van der Waals surface area contributed by atoms with Gasteiger partial charge in [-0.1, -0.05) is 29.8 Å². The molecule has 122 valence electrons. The van der Waals surface area contributed by atoms with Gasteiger partial charge >= 0.3 is 11.8 Å². The Labute approximate surface area is 141 Å². The third kappa shape index (κ3) is 4.62. The van der Waals surface area contributed by atoms with E-state index in [0.717, 1.165) is 0 Å². The van der Waals surface area contributed by atoms with Gasteiger partial charge in [-0.25, -0.2) is 5.43 Å². The molecule has 0 fully saturated rings. The first-order chi connectivity index (χ1) is 11.5. The van der Waals surface area contributed by atoms with Crippen molar-refractivity contribution >= 4 is 41.0 Å². The first-order valence-electron chi connectivity index (χ1n) is 6.61. The van der Waals surface area contributed by atoms with Crippen molar-refractivity contribution in [1.82, 2.24) is 5.43 Å². The van der Waals surface area contributed by atoms with Crippen LogP contribution < -0.4 is 10.7 Å². The number of hydrogen-bond acceptors (Lipinski definition) is 5. The van der Waals surface area contributed by atoms with E-state index in [-0.39, 0.29) is 11.4 Å². The third-order valence-electron chi connectivity index (χ3n) is 2.82. The smallest absolute Gasteiger partial charge is 0.318 e. The molecule has 0 saturated heterocycles. The van der Waals surface area contributed by atoms with Crippen LogP contribution in [0.25, 0.3) is 0 Å². The number of halogens is 1. The number of rotatable bonds is 4. The minimum atomic E-state index is -0.989. The summed E-state index contributed by atoms with van der Waals surface area (Å²) < 4.78 is 0. The Balaban J connectivity index is 1.91. The van der Waals surface area contributed by atoms with Gasteiger partial charge in [-0.2, -0.15) is 5.10 Å². The van der Waals surface area contributed by atoms with Gasteiger partial charge < -0.3 is 5.32 Å². The zero-order chi connectivity index (χ0) is 17.5. The first-order valence-corrected chi connectivity index (χ1v) is 6.98. The zero-order valence-corrected chi connectivity index (χ0v) is 12.9. The average molecular weight is 347 g/mol. The van der Waals surface area contributed by atoms with E-state index in [0.29, 0.717) is 10.6 Å². The molecule has 8 nitrogen and oxygen atoms in total. The van der Waals surface area contributed by atoms with E-state index in [1.54, 1.807) is 24.3 Å². The van der Waals surface area contributed by atoms with E-state index in [9.17, 15) is 19.7 Å². The SMILES string of the molecule is O=C(N/N=C\c1ccccc1Cl)C(=O)Nc1ccc([N+](=O)[O-])cc1. The van der Waals surface area contributed by atoms with Crippen molar-refractivity contribution in [1.29, 1.82) is 0 Å². The molecule has 0 aliphatic carbocycles. The van der Waals surface area contributed by atoms with Crippen LogP contribution in [0.15, 0.2) is 53.6 Å². The molecule has 2 aromatic rings. The third-order valence-corrected chi connectivity index (χ3v) is 3.16. The van der Waals surface area contributed by atoms with Gasteiger partial charge in [0.2, 0.25) is 0 Å². The summed E-state index contributed by atoms with van der Waals surface area (Å²) in [5.74, 6) is -1.95. The largest absolute Gasteiger partial charge is 0.329 e. The zero-order valence-electron chi connectivity index (χ0n) is 12.1. The van der Waals surface area contributed by atoms with Crippen molar-refractivity contribution in [2.45, 2.75) is 0 Å². The number of anilines is 1. The monoisotopic (exact) mass is 346 g/mol. The number of benzene rings is 2. The fraction of sp³-hybridized carbons (Fsp3) is 0. The number of nitrogens with zero attached hydrogens (tertiary/aromatic N) is 2. The van der Waals surface area contributed by atoms with Crippen molar-refractivity contribution in [2.75, 3.05) is 5.32 Å². The van der Waals surface area contributed by atoms with Crippen LogP contribution >= 0.6 is 11.6 Å². The van der Waals surface area contributed by atoms with Gasteiger partial charge in [0.1, 0.15) is 0 Å². The fourth-order valence-corrected chi connectivity index (χ4v) is 1.83. The number of carbonyl (C=O) groups is 2. The molecule has 0 unspecified atom stereocenters. The van der Waals surface area contributed by atoms with Crippen molar-refractivity contribution in [3.8, 4) is 0 Å². The van der Waals surface area contributed by atoms with Gasteiger partial charge in [0.15, 0.2) is 0 Å². The summed E-state index contributed by atoms with van der Waals surface area (Å²) >= 11 is 5.91. The molecule has 0 bridgehead atoms. The summed E-state index contributed by atoms with van der Waals surface area (Å²) in [7, 11) is 0. The summed E-state index contributed by atoms with van der Waals surface area (Å²) in [4.78, 5) is 33.3. The van der Waals surface area contributed by atoms with E-state index in [1.165, 1.54) is 30.5 Å². The van der Waals surface area contributed by atoms with E-state index in [4.69, 9.17) is 11.6 Å². The highest BCUT2D eigenvalue weighted by Crippen LogP contribution is 2.15.